The second kappa shape index (κ2) is 10.3. The predicted molar refractivity (Wildman–Crippen MR) is 127 cm³/mol. The highest BCUT2D eigenvalue weighted by atomic mass is 32.2. The molecule has 0 saturated carbocycles. The maximum atomic E-state index is 13.5. The van der Waals surface area contributed by atoms with Crippen LogP contribution in [0.4, 0.5) is 10.1 Å². The Labute approximate surface area is 193 Å². The van der Waals surface area contributed by atoms with Gasteiger partial charge in [-0.1, -0.05) is 42.8 Å². The van der Waals surface area contributed by atoms with E-state index in [1.54, 1.807) is 17.0 Å². The molecule has 1 N–H and O–H groups in total. The normalized spacial score (nSPS) is 19.2. The van der Waals surface area contributed by atoms with Gasteiger partial charge in [0.2, 0.25) is 11.8 Å². The number of para-hydroxylation sites is 1. The van der Waals surface area contributed by atoms with Gasteiger partial charge >= 0.3 is 0 Å². The van der Waals surface area contributed by atoms with Crippen LogP contribution < -0.4 is 10.2 Å². The summed E-state index contributed by atoms with van der Waals surface area (Å²) in [6, 6.07) is 13.9. The molecular formula is C26H29FN2O2S. The Morgan fingerprint density at radius 1 is 1.19 bits per heavy atom. The number of fused-ring (bicyclic) bond motifs is 1. The molecular weight excluding hydrogens is 423 g/mol. The Morgan fingerprint density at radius 2 is 1.97 bits per heavy atom. The van der Waals surface area contributed by atoms with Crippen molar-refractivity contribution in [1.29, 1.82) is 0 Å². The zero-order valence-corrected chi connectivity index (χ0v) is 19.2. The predicted octanol–water partition coefficient (Wildman–Crippen LogP) is 5.48. The van der Waals surface area contributed by atoms with Crippen molar-refractivity contribution < 1.29 is 14.0 Å². The molecule has 2 amide bonds. The third-order valence-corrected chi connectivity index (χ3v) is 7.63. The fraction of sp³-hybridized carbons (Fsp3) is 0.385. The molecule has 6 heteroatoms. The van der Waals surface area contributed by atoms with Crippen molar-refractivity contribution in [3.63, 3.8) is 0 Å². The number of nitrogens with zero attached hydrogens (tertiary/aromatic N) is 1. The zero-order chi connectivity index (χ0) is 22.5. The summed E-state index contributed by atoms with van der Waals surface area (Å²) in [5.74, 6) is -0.942. The van der Waals surface area contributed by atoms with Gasteiger partial charge in [-0.25, -0.2) is 4.39 Å². The second-order valence-corrected chi connectivity index (χ2v) is 9.68. The van der Waals surface area contributed by atoms with Crippen molar-refractivity contribution in [2.75, 3.05) is 11.4 Å². The van der Waals surface area contributed by atoms with E-state index in [0.717, 1.165) is 35.4 Å². The van der Waals surface area contributed by atoms with Gasteiger partial charge in [0, 0.05) is 11.4 Å². The van der Waals surface area contributed by atoms with E-state index in [0.29, 0.717) is 13.1 Å². The molecule has 1 heterocycles. The first-order valence-corrected chi connectivity index (χ1v) is 12.2. The maximum absolute atomic E-state index is 13.5. The molecule has 0 aromatic heterocycles. The summed E-state index contributed by atoms with van der Waals surface area (Å²) in [6.45, 7) is 2.78. The second-order valence-electron chi connectivity index (χ2n) is 8.49. The molecule has 0 unspecified atom stereocenters. The molecule has 2 aromatic carbocycles. The van der Waals surface area contributed by atoms with Crippen LogP contribution in [0.1, 0.15) is 44.6 Å². The lowest BCUT2D eigenvalue weighted by Gasteiger charge is -2.35. The van der Waals surface area contributed by atoms with Crippen molar-refractivity contribution >= 4 is 29.3 Å². The summed E-state index contributed by atoms with van der Waals surface area (Å²) in [5, 5.41) is 2.54. The van der Waals surface area contributed by atoms with Crippen LogP contribution in [-0.2, 0) is 16.1 Å². The Morgan fingerprint density at radius 3 is 2.72 bits per heavy atom. The number of rotatable bonds is 7. The van der Waals surface area contributed by atoms with Gasteiger partial charge in [0.15, 0.2) is 0 Å². The summed E-state index contributed by atoms with van der Waals surface area (Å²) in [7, 11) is 0. The molecule has 4 nitrogen and oxygen atoms in total. The van der Waals surface area contributed by atoms with Gasteiger partial charge in [-0.05, 0) is 61.9 Å². The zero-order valence-electron chi connectivity index (χ0n) is 18.4. The number of hydrogen-bond acceptors (Lipinski definition) is 3. The molecule has 0 fully saturated rings. The van der Waals surface area contributed by atoms with Gasteiger partial charge in [0.25, 0.3) is 0 Å². The minimum atomic E-state index is -0.501. The van der Waals surface area contributed by atoms with E-state index >= 15 is 0 Å². The Hall–Kier alpha value is -2.60. The van der Waals surface area contributed by atoms with Gasteiger partial charge in [-0.15, -0.1) is 11.8 Å². The quantitative estimate of drug-likeness (QED) is 0.566. The Bertz CT molecular complexity index is 1010. The summed E-state index contributed by atoms with van der Waals surface area (Å²) in [5.41, 5.74) is 3.10. The molecule has 1 aliphatic heterocycles. The minimum Gasteiger partial charge on any atom is -0.356 e. The van der Waals surface area contributed by atoms with E-state index in [-0.39, 0.29) is 17.6 Å². The van der Waals surface area contributed by atoms with Crippen LogP contribution in [0.25, 0.3) is 0 Å². The highest BCUT2D eigenvalue weighted by Gasteiger charge is 2.39. The third-order valence-electron chi connectivity index (χ3n) is 6.17. The van der Waals surface area contributed by atoms with Crippen LogP contribution in [0.5, 0.6) is 0 Å². The number of thioether (sulfide) groups is 1. The van der Waals surface area contributed by atoms with Crippen LogP contribution in [0.3, 0.4) is 0 Å². The lowest BCUT2D eigenvalue weighted by Crippen LogP contribution is -2.47. The van der Waals surface area contributed by atoms with E-state index in [4.69, 9.17) is 0 Å². The number of carbonyl (C=O) groups is 2. The van der Waals surface area contributed by atoms with Crippen LogP contribution in [0, 0.1) is 11.7 Å². The summed E-state index contributed by atoms with van der Waals surface area (Å²) < 4.78 is 13.3. The van der Waals surface area contributed by atoms with E-state index in [9.17, 15) is 14.0 Å². The molecule has 168 valence electrons. The van der Waals surface area contributed by atoms with Crippen LogP contribution in [0.2, 0.25) is 0 Å². The molecule has 2 aromatic rings. The van der Waals surface area contributed by atoms with Crippen molar-refractivity contribution in [2.24, 2.45) is 5.92 Å². The molecule has 0 radical (unpaired) electrons. The molecule has 32 heavy (non-hydrogen) atoms. The standard InChI is InChI=1S/C26H29FN2O2S/c1-18(25(30)28-16-15-19-7-3-2-4-8-19)24-26(31)29(17-20-11-13-21(27)14-12-20)22-9-5-6-10-23(22)32-24/h5-7,9-14,18,24H,2-4,8,15-17H2,1H3,(H,28,30)/t18-,24-/m1/s1. The van der Waals surface area contributed by atoms with Crippen molar-refractivity contribution in [3.05, 3.63) is 71.6 Å². The van der Waals surface area contributed by atoms with Gasteiger partial charge in [0.05, 0.1) is 18.2 Å². The molecule has 2 atom stereocenters. The van der Waals surface area contributed by atoms with Crippen LogP contribution >= 0.6 is 11.8 Å². The maximum Gasteiger partial charge on any atom is 0.241 e. The summed E-state index contributed by atoms with van der Waals surface area (Å²) in [4.78, 5) is 29.1. The average Bonchev–Trinajstić information content (AvgIpc) is 2.82. The average molecular weight is 453 g/mol. The topological polar surface area (TPSA) is 49.4 Å². The number of anilines is 1. The minimum absolute atomic E-state index is 0.0873. The van der Waals surface area contributed by atoms with E-state index in [1.807, 2.05) is 31.2 Å². The molecule has 0 saturated heterocycles. The fourth-order valence-corrected chi connectivity index (χ4v) is 5.55. The SMILES string of the molecule is C[C@@H](C(=O)NCCC1=CCCCC1)[C@H]1Sc2ccccc2N(Cc2ccc(F)cc2)C1=O. The first-order valence-electron chi connectivity index (χ1n) is 11.3. The molecule has 2 aliphatic rings. The lowest BCUT2D eigenvalue weighted by atomic mass is 9.97. The highest BCUT2D eigenvalue weighted by molar-refractivity contribution is 8.01. The first-order chi connectivity index (χ1) is 15.5. The summed E-state index contributed by atoms with van der Waals surface area (Å²) in [6.07, 6.45) is 7.91. The monoisotopic (exact) mass is 452 g/mol. The van der Waals surface area contributed by atoms with E-state index in [2.05, 4.69) is 11.4 Å². The first kappa shape index (κ1) is 22.6. The number of hydrogen-bond donors (Lipinski definition) is 1. The van der Waals surface area contributed by atoms with Crippen molar-refractivity contribution in [1.82, 2.24) is 5.32 Å². The van der Waals surface area contributed by atoms with Gasteiger partial charge in [-0.2, -0.15) is 0 Å². The van der Waals surface area contributed by atoms with Gasteiger partial charge in [-0.3, -0.25) is 9.59 Å². The van der Waals surface area contributed by atoms with Crippen LogP contribution in [0.15, 0.2) is 65.1 Å². The number of nitrogens with one attached hydrogen (secondary N) is 1. The largest absolute Gasteiger partial charge is 0.356 e. The number of halogens is 1. The highest BCUT2D eigenvalue weighted by Crippen LogP contribution is 2.42. The van der Waals surface area contributed by atoms with Crippen molar-refractivity contribution in [2.45, 2.75) is 55.7 Å². The van der Waals surface area contributed by atoms with Crippen LogP contribution in [-0.4, -0.2) is 23.6 Å². The lowest BCUT2D eigenvalue weighted by molar-refractivity contribution is -0.128. The Kier molecular flexibility index (Phi) is 7.30. The molecule has 0 bridgehead atoms. The smallest absolute Gasteiger partial charge is 0.241 e. The fourth-order valence-electron chi connectivity index (χ4n) is 4.27. The molecule has 4 rings (SSSR count). The van der Waals surface area contributed by atoms with E-state index < -0.39 is 11.2 Å². The number of carbonyl (C=O) groups excluding carboxylic acids is 2. The number of benzene rings is 2. The summed E-state index contributed by atoms with van der Waals surface area (Å²) >= 11 is 1.46. The number of allylic oxidation sites excluding steroid dienone is 1. The number of amides is 2. The third kappa shape index (κ3) is 5.23. The molecule has 0 spiro atoms. The van der Waals surface area contributed by atoms with Gasteiger partial charge in [0.1, 0.15) is 11.1 Å². The Balaban J connectivity index is 1.46. The molecule has 1 aliphatic carbocycles. The van der Waals surface area contributed by atoms with Gasteiger partial charge < -0.3 is 10.2 Å². The van der Waals surface area contributed by atoms with E-state index in [1.165, 1.54) is 42.3 Å². The van der Waals surface area contributed by atoms with Crippen molar-refractivity contribution in [3.8, 4) is 0 Å².